The summed E-state index contributed by atoms with van der Waals surface area (Å²) in [6.45, 7) is 7.10. The van der Waals surface area contributed by atoms with Gasteiger partial charge in [0.1, 0.15) is 5.52 Å². The number of benzene rings is 2. The van der Waals surface area contributed by atoms with Crippen molar-refractivity contribution in [1.82, 2.24) is 9.55 Å². The number of imidazole rings is 1. The van der Waals surface area contributed by atoms with Gasteiger partial charge in [-0.1, -0.05) is 24.3 Å². The molecule has 0 spiro atoms. The van der Waals surface area contributed by atoms with Gasteiger partial charge in [0.05, 0.1) is 17.5 Å². The highest BCUT2D eigenvalue weighted by atomic mass is 15.0. The molecule has 1 heterocycles. The lowest BCUT2D eigenvalue weighted by Crippen LogP contribution is -2.01. The number of hydrogen-bond donors (Lipinski definition) is 1. The third kappa shape index (κ3) is 1.95. The molecule has 0 atom stereocenters. The molecule has 0 unspecified atom stereocenters. The number of aryl methyl sites for hydroxylation is 2. The van der Waals surface area contributed by atoms with E-state index >= 15 is 0 Å². The maximum atomic E-state index is 6.18. The summed E-state index contributed by atoms with van der Waals surface area (Å²) in [7, 11) is 0. The smallest absolute Gasteiger partial charge is 0.112 e. The van der Waals surface area contributed by atoms with Gasteiger partial charge < -0.3 is 10.3 Å². The SMILES string of the molecule is Cc1ccccc1Cn1cnc2c(N)c(C)c(C)cc21. The Hall–Kier alpha value is -2.29. The molecule has 3 nitrogen and oxygen atoms in total. The second-order valence-corrected chi connectivity index (χ2v) is 5.40. The van der Waals surface area contributed by atoms with Crippen LogP contribution in [0.5, 0.6) is 0 Å². The van der Waals surface area contributed by atoms with Crippen molar-refractivity contribution in [3.63, 3.8) is 0 Å². The van der Waals surface area contributed by atoms with Crippen molar-refractivity contribution in [3.8, 4) is 0 Å². The van der Waals surface area contributed by atoms with Gasteiger partial charge in [-0.15, -0.1) is 0 Å². The molecule has 1 aromatic heterocycles. The van der Waals surface area contributed by atoms with E-state index in [1.165, 1.54) is 16.7 Å². The van der Waals surface area contributed by atoms with Crippen molar-refractivity contribution in [3.05, 3.63) is 58.9 Å². The first kappa shape index (κ1) is 12.7. The van der Waals surface area contributed by atoms with E-state index in [1.54, 1.807) is 0 Å². The van der Waals surface area contributed by atoms with Gasteiger partial charge in [-0.25, -0.2) is 4.98 Å². The van der Waals surface area contributed by atoms with Crippen molar-refractivity contribution in [1.29, 1.82) is 0 Å². The molecule has 20 heavy (non-hydrogen) atoms. The molecule has 2 aromatic carbocycles. The highest BCUT2D eigenvalue weighted by molar-refractivity contribution is 5.90. The standard InChI is InChI=1S/C17H19N3/c1-11-6-4-5-7-14(11)9-20-10-19-17-15(20)8-12(2)13(3)16(17)18/h4-8,10H,9,18H2,1-3H3. The molecule has 0 fully saturated rings. The Morgan fingerprint density at radius 2 is 1.85 bits per heavy atom. The zero-order valence-electron chi connectivity index (χ0n) is 12.1. The van der Waals surface area contributed by atoms with Crippen LogP contribution in [0.3, 0.4) is 0 Å². The Kier molecular flexibility index (Phi) is 2.97. The Morgan fingerprint density at radius 1 is 1.10 bits per heavy atom. The Bertz CT molecular complexity index is 784. The van der Waals surface area contributed by atoms with Crippen LogP contribution in [0.25, 0.3) is 11.0 Å². The maximum absolute atomic E-state index is 6.18. The van der Waals surface area contributed by atoms with Crippen LogP contribution >= 0.6 is 0 Å². The molecule has 3 rings (SSSR count). The van der Waals surface area contributed by atoms with Crippen LogP contribution in [-0.4, -0.2) is 9.55 Å². The minimum Gasteiger partial charge on any atom is -0.397 e. The zero-order valence-corrected chi connectivity index (χ0v) is 12.1. The van der Waals surface area contributed by atoms with Crippen LogP contribution < -0.4 is 5.73 Å². The van der Waals surface area contributed by atoms with Gasteiger partial charge in [-0.05, 0) is 49.1 Å². The van der Waals surface area contributed by atoms with E-state index in [4.69, 9.17) is 5.73 Å². The molecule has 0 bridgehead atoms. The van der Waals surface area contributed by atoms with E-state index in [9.17, 15) is 0 Å². The number of nitrogens with two attached hydrogens (primary N) is 1. The third-order valence-corrected chi connectivity index (χ3v) is 4.08. The number of rotatable bonds is 2. The molecule has 0 aliphatic carbocycles. The van der Waals surface area contributed by atoms with E-state index < -0.39 is 0 Å². The fourth-order valence-corrected chi connectivity index (χ4v) is 2.55. The molecule has 2 N–H and O–H groups in total. The molecule has 0 aliphatic heterocycles. The molecular formula is C17H19N3. The molecule has 3 aromatic rings. The molecular weight excluding hydrogens is 246 g/mol. The summed E-state index contributed by atoms with van der Waals surface area (Å²) in [6, 6.07) is 10.6. The molecule has 102 valence electrons. The average molecular weight is 265 g/mol. The van der Waals surface area contributed by atoms with Gasteiger partial charge in [0.2, 0.25) is 0 Å². The van der Waals surface area contributed by atoms with Gasteiger partial charge in [-0.2, -0.15) is 0 Å². The minimum atomic E-state index is 0.795. The van der Waals surface area contributed by atoms with Crippen molar-refractivity contribution in [2.75, 3.05) is 5.73 Å². The lowest BCUT2D eigenvalue weighted by atomic mass is 10.1. The number of aromatic nitrogens is 2. The van der Waals surface area contributed by atoms with E-state index in [-0.39, 0.29) is 0 Å². The summed E-state index contributed by atoms with van der Waals surface area (Å²) in [5, 5.41) is 0. The zero-order chi connectivity index (χ0) is 14.3. The monoisotopic (exact) mass is 265 g/mol. The number of nitrogen functional groups attached to an aromatic ring is 1. The minimum absolute atomic E-state index is 0.795. The van der Waals surface area contributed by atoms with Crippen LogP contribution in [0.1, 0.15) is 22.3 Å². The normalized spacial score (nSPS) is 11.2. The number of anilines is 1. The van der Waals surface area contributed by atoms with Crippen molar-refractivity contribution >= 4 is 16.7 Å². The quantitative estimate of drug-likeness (QED) is 0.720. The fraction of sp³-hybridized carbons (Fsp3) is 0.235. The fourth-order valence-electron chi connectivity index (χ4n) is 2.55. The van der Waals surface area contributed by atoms with Crippen LogP contribution in [0.4, 0.5) is 5.69 Å². The summed E-state index contributed by atoms with van der Waals surface area (Å²) in [6.07, 6.45) is 1.88. The molecule has 0 radical (unpaired) electrons. The van der Waals surface area contributed by atoms with Crippen LogP contribution in [0.2, 0.25) is 0 Å². The number of hydrogen-bond acceptors (Lipinski definition) is 2. The third-order valence-electron chi connectivity index (χ3n) is 4.08. The predicted molar refractivity (Wildman–Crippen MR) is 83.9 cm³/mol. The van der Waals surface area contributed by atoms with Crippen LogP contribution in [-0.2, 0) is 6.54 Å². The first-order chi connectivity index (χ1) is 9.58. The summed E-state index contributed by atoms with van der Waals surface area (Å²) in [5.74, 6) is 0. The lowest BCUT2D eigenvalue weighted by Gasteiger charge is -2.10. The lowest BCUT2D eigenvalue weighted by molar-refractivity contribution is 0.818. The predicted octanol–water partition coefficient (Wildman–Crippen LogP) is 3.59. The van der Waals surface area contributed by atoms with Crippen molar-refractivity contribution in [2.45, 2.75) is 27.3 Å². The second kappa shape index (κ2) is 4.67. The molecule has 3 heteroatoms. The highest BCUT2D eigenvalue weighted by Crippen LogP contribution is 2.27. The molecule has 0 saturated heterocycles. The van der Waals surface area contributed by atoms with E-state index in [0.717, 1.165) is 28.8 Å². The first-order valence-electron chi connectivity index (χ1n) is 6.83. The molecule has 0 amide bonds. The van der Waals surface area contributed by atoms with Crippen LogP contribution in [0.15, 0.2) is 36.7 Å². The van der Waals surface area contributed by atoms with E-state index in [0.29, 0.717) is 0 Å². The van der Waals surface area contributed by atoms with Crippen molar-refractivity contribution < 1.29 is 0 Å². The summed E-state index contributed by atoms with van der Waals surface area (Å²) < 4.78 is 2.17. The van der Waals surface area contributed by atoms with E-state index in [2.05, 4.69) is 53.7 Å². The largest absolute Gasteiger partial charge is 0.397 e. The van der Waals surface area contributed by atoms with E-state index in [1.807, 2.05) is 13.3 Å². The maximum Gasteiger partial charge on any atom is 0.112 e. The van der Waals surface area contributed by atoms with Gasteiger partial charge >= 0.3 is 0 Å². The first-order valence-corrected chi connectivity index (χ1v) is 6.83. The summed E-state index contributed by atoms with van der Waals surface area (Å²) >= 11 is 0. The van der Waals surface area contributed by atoms with Gasteiger partial charge in [0.15, 0.2) is 0 Å². The highest BCUT2D eigenvalue weighted by Gasteiger charge is 2.11. The number of fused-ring (bicyclic) bond motifs is 1. The van der Waals surface area contributed by atoms with Gasteiger partial charge in [0, 0.05) is 6.54 Å². The topological polar surface area (TPSA) is 43.8 Å². The van der Waals surface area contributed by atoms with Crippen LogP contribution in [0, 0.1) is 20.8 Å². The molecule has 0 saturated carbocycles. The Morgan fingerprint density at radius 3 is 2.60 bits per heavy atom. The Labute approximate surface area is 119 Å². The van der Waals surface area contributed by atoms with Crippen molar-refractivity contribution in [2.24, 2.45) is 0 Å². The summed E-state index contributed by atoms with van der Waals surface area (Å²) in [4.78, 5) is 4.48. The van der Waals surface area contributed by atoms with Gasteiger partial charge in [-0.3, -0.25) is 0 Å². The second-order valence-electron chi connectivity index (χ2n) is 5.40. The molecule has 0 aliphatic rings. The number of nitrogens with zero attached hydrogens (tertiary/aromatic N) is 2. The average Bonchev–Trinajstić information content (AvgIpc) is 2.82. The summed E-state index contributed by atoms with van der Waals surface area (Å²) in [5.41, 5.74) is 13.9. The Balaban J connectivity index is 2.12. The van der Waals surface area contributed by atoms with Gasteiger partial charge in [0.25, 0.3) is 0 Å².